The van der Waals surface area contributed by atoms with Gasteiger partial charge < -0.3 is 14.9 Å². The Morgan fingerprint density at radius 1 is 1.30 bits per heavy atom. The first-order valence-corrected chi connectivity index (χ1v) is 6.67. The smallest absolute Gasteiger partial charge is 0.256 e. The largest absolute Gasteiger partial charge is 0.378 e. The first-order chi connectivity index (χ1) is 9.52. The van der Waals surface area contributed by atoms with Gasteiger partial charge in [-0.05, 0) is 12.6 Å². The van der Waals surface area contributed by atoms with Crippen molar-refractivity contribution in [3.8, 4) is 0 Å². The third-order valence-corrected chi connectivity index (χ3v) is 3.62. The van der Waals surface area contributed by atoms with Gasteiger partial charge in [-0.3, -0.25) is 4.79 Å². The number of carbonyl (C=O) groups is 1. The van der Waals surface area contributed by atoms with Crippen LogP contribution in [0.25, 0.3) is 0 Å². The molecule has 1 atom stereocenters. The lowest BCUT2D eigenvalue weighted by Gasteiger charge is -2.35. The number of aliphatic hydroxyl groups excluding tert-OH is 1. The van der Waals surface area contributed by atoms with Gasteiger partial charge in [0.1, 0.15) is 11.6 Å². The van der Waals surface area contributed by atoms with E-state index in [0.717, 1.165) is 31.8 Å². The van der Waals surface area contributed by atoms with E-state index in [0.29, 0.717) is 19.2 Å². The molecule has 1 aliphatic heterocycles. The number of hydrogen-bond acceptors (Lipinski definition) is 3. The highest BCUT2D eigenvalue weighted by atomic mass is 19.1. The molecule has 110 valence electrons. The van der Waals surface area contributed by atoms with Crippen LogP contribution in [0.15, 0.2) is 18.2 Å². The summed E-state index contributed by atoms with van der Waals surface area (Å²) in [5.74, 6) is -2.17. The normalized spacial score (nSPS) is 18.1. The molecule has 4 nitrogen and oxygen atoms in total. The van der Waals surface area contributed by atoms with Gasteiger partial charge in [0.25, 0.3) is 5.91 Å². The van der Waals surface area contributed by atoms with Crippen molar-refractivity contribution in [3.05, 3.63) is 35.4 Å². The maximum Gasteiger partial charge on any atom is 0.256 e. The van der Waals surface area contributed by atoms with E-state index in [9.17, 15) is 18.7 Å². The van der Waals surface area contributed by atoms with Crippen LogP contribution in [0, 0.1) is 11.6 Å². The number of piperazine rings is 1. The minimum Gasteiger partial charge on any atom is -0.378 e. The first kappa shape index (κ1) is 14.9. The topological polar surface area (TPSA) is 43.8 Å². The number of likely N-dealkylation sites (N-methyl/N-ethyl adjacent to an activating group) is 1. The maximum atomic E-state index is 13.6. The number of aliphatic hydroxyl groups is 1. The molecule has 1 heterocycles. The Morgan fingerprint density at radius 3 is 2.50 bits per heavy atom. The van der Waals surface area contributed by atoms with Gasteiger partial charge in [-0.2, -0.15) is 0 Å². The quantitative estimate of drug-likeness (QED) is 0.906. The van der Waals surface area contributed by atoms with Gasteiger partial charge in [-0.15, -0.1) is 0 Å². The standard InChI is InChI=1S/C14H18F2N2O2/c1-2-17-5-7-18(8-6-17)14(20)13(19)11-4-3-10(15)9-12(11)16/h3-4,9,13,19H,2,5-8H2,1H3. The number of hydrogen-bond donors (Lipinski definition) is 1. The molecule has 1 aliphatic rings. The van der Waals surface area contributed by atoms with E-state index in [1.165, 1.54) is 4.90 Å². The number of rotatable bonds is 3. The third kappa shape index (κ3) is 3.13. The highest BCUT2D eigenvalue weighted by Crippen LogP contribution is 2.20. The molecule has 6 heteroatoms. The SMILES string of the molecule is CCN1CCN(C(=O)C(O)c2ccc(F)cc2F)CC1. The zero-order chi connectivity index (χ0) is 14.7. The Hall–Kier alpha value is -1.53. The predicted molar refractivity (Wildman–Crippen MR) is 70.0 cm³/mol. The van der Waals surface area contributed by atoms with Crippen LogP contribution in [0.2, 0.25) is 0 Å². The lowest BCUT2D eigenvalue weighted by molar-refractivity contribution is -0.142. The zero-order valence-electron chi connectivity index (χ0n) is 11.4. The summed E-state index contributed by atoms with van der Waals surface area (Å²) in [4.78, 5) is 15.8. The highest BCUT2D eigenvalue weighted by molar-refractivity contribution is 5.82. The summed E-state index contributed by atoms with van der Waals surface area (Å²) in [5, 5.41) is 9.97. The Balaban J connectivity index is 2.05. The maximum absolute atomic E-state index is 13.6. The second-order valence-corrected chi connectivity index (χ2v) is 4.83. The molecule has 0 bridgehead atoms. The molecule has 2 rings (SSSR count). The zero-order valence-corrected chi connectivity index (χ0v) is 11.4. The van der Waals surface area contributed by atoms with Crippen LogP contribution in [0.4, 0.5) is 8.78 Å². The van der Waals surface area contributed by atoms with Gasteiger partial charge in [-0.1, -0.05) is 13.0 Å². The first-order valence-electron chi connectivity index (χ1n) is 6.67. The Labute approximate surface area is 116 Å². The third-order valence-electron chi connectivity index (χ3n) is 3.62. The van der Waals surface area contributed by atoms with Gasteiger partial charge in [-0.25, -0.2) is 8.78 Å². The fourth-order valence-corrected chi connectivity index (χ4v) is 2.31. The Morgan fingerprint density at radius 2 is 1.95 bits per heavy atom. The van der Waals surface area contributed by atoms with E-state index in [4.69, 9.17) is 0 Å². The predicted octanol–water partition coefficient (Wildman–Crippen LogP) is 1.16. The molecule has 1 fully saturated rings. The van der Waals surface area contributed by atoms with Crippen molar-refractivity contribution in [2.45, 2.75) is 13.0 Å². The number of carbonyl (C=O) groups excluding carboxylic acids is 1. The van der Waals surface area contributed by atoms with Crippen molar-refractivity contribution in [1.82, 2.24) is 9.80 Å². The molecule has 0 radical (unpaired) electrons. The monoisotopic (exact) mass is 284 g/mol. The van der Waals surface area contributed by atoms with E-state index in [1.54, 1.807) is 0 Å². The fourth-order valence-electron chi connectivity index (χ4n) is 2.31. The van der Waals surface area contributed by atoms with Crippen LogP contribution in [0.1, 0.15) is 18.6 Å². The summed E-state index contributed by atoms with van der Waals surface area (Å²) in [6, 6.07) is 2.81. The van der Waals surface area contributed by atoms with Crippen molar-refractivity contribution in [2.75, 3.05) is 32.7 Å². The molecule has 1 aromatic rings. The van der Waals surface area contributed by atoms with Crippen LogP contribution in [-0.4, -0.2) is 53.5 Å². The molecule has 1 saturated heterocycles. The van der Waals surface area contributed by atoms with E-state index >= 15 is 0 Å². The molecule has 1 unspecified atom stereocenters. The molecule has 20 heavy (non-hydrogen) atoms. The van der Waals surface area contributed by atoms with E-state index in [1.807, 2.05) is 6.92 Å². The number of halogens is 2. The van der Waals surface area contributed by atoms with Crippen molar-refractivity contribution >= 4 is 5.91 Å². The summed E-state index contributed by atoms with van der Waals surface area (Å²) in [5.41, 5.74) is -0.186. The number of amides is 1. The van der Waals surface area contributed by atoms with E-state index < -0.39 is 23.6 Å². The van der Waals surface area contributed by atoms with Crippen molar-refractivity contribution < 1.29 is 18.7 Å². The molecule has 1 amide bonds. The van der Waals surface area contributed by atoms with Crippen molar-refractivity contribution in [3.63, 3.8) is 0 Å². The summed E-state index contributed by atoms with van der Waals surface area (Å²) in [7, 11) is 0. The Bertz CT molecular complexity index is 488. The molecule has 0 spiro atoms. The fraction of sp³-hybridized carbons (Fsp3) is 0.500. The van der Waals surface area contributed by atoms with Crippen molar-refractivity contribution in [2.24, 2.45) is 0 Å². The van der Waals surface area contributed by atoms with Gasteiger partial charge >= 0.3 is 0 Å². The molecule has 0 aliphatic carbocycles. The van der Waals surface area contributed by atoms with Crippen LogP contribution in [-0.2, 0) is 4.79 Å². The molecule has 0 aromatic heterocycles. The summed E-state index contributed by atoms with van der Waals surface area (Å²) < 4.78 is 26.4. The van der Waals surface area contributed by atoms with Gasteiger partial charge in [0, 0.05) is 37.8 Å². The van der Waals surface area contributed by atoms with Crippen molar-refractivity contribution in [1.29, 1.82) is 0 Å². The molecular formula is C14H18F2N2O2. The van der Waals surface area contributed by atoms with Gasteiger partial charge in [0.05, 0.1) is 0 Å². The lowest BCUT2D eigenvalue weighted by atomic mass is 10.1. The second-order valence-electron chi connectivity index (χ2n) is 4.83. The summed E-state index contributed by atoms with van der Waals surface area (Å²) in [6.45, 7) is 5.44. The minimum absolute atomic E-state index is 0.186. The average Bonchev–Trinajstić information content (AvgIpc) is 2.46. The molecular weight excluding hydrogens is 266 g/mol. The lowest BCUT2D eigenvalue weighted by Crippen LogP contribution is -2.49. The van der Waals surface area contributed by atoms with Crippen LogP contribution in [0.5, 0.6) is 0 Å². The van der Waals surface area contributed by atoms with Gasteiger partial charge in [0.15, 0.2) is 6.10 Å². The minimum atomic E-state index is -1.58. The van der Waals surface area contributed by atoms with Gasteiger partial charge in [0.2, 0.25) is 0 Å². The second kappa shape index (κ2) is 6.28. The highest BCUT2D eigenvalue weighted by Gasteiger charge is 2.28. The molecule has 1 aromatic carbocycles. The number of benzene rings is 1. The molecule has 0 saturated carbocycles. The molecule has 1 N–H and O–H groups in total. The van der Waals surface area contributed by atoms with Crippen LogP contribution < -0.4 is 0 Å². The average molecular weight is 284 g/mol. The Kier molecular flexibility index (Phi) is 4.67. The summed E-state index contributed by atoms with van der Waals surface area (Å²) in [6.07, 6.45) is -1.58. The van der Waals surface area contributed by atoms with Crippen LogP contribution >= 0.6 is 0 Å². The number of nitrogens with zero attached hydrogens (tertiary/aromatic N) is 2. The van der Waals surface area contributed by atoms with Crippen LogP contribution in [0.3, 0.4) is 0 Å². The summed E-state index contributed by atoms with van der Waals surface area (Å²) >= 11 is 0. The van der Waals surface area contributed by atoms with E-state index in [-0.39, 0.29) is 5.56 Å². The van der Waals surface area contributed by atoms with E-state index in [2.05, 4.69) is 4.90 Å².